The summed E-state index contributed by atoms with van der Waals surface area (Å²) < 4.78 is 46.5. The number of carbonyl (C=O) groups excluding carboxylic acids is 1. The van der Waals surface area contributed by atoms with Crippen LogP contribution in [-0.4, -0.2) is 85.2 Å². The lowest BCUT2D eigenvalue weighted by Gasteiger charge is -2.39. The number of aryl methyl sites for hydroxylation is 1. The van der Waals surface area contributed by atoms with Crippen molar-refractivity contribution in [3.05, 3.63) is 63.2 Å². The number of amides is 1. The van der Waals surface area contributed by atoms with Crippen LogP contribution in [0, 0.1) is 19.8 Å². The third-order valence-electron chi connectivity index (χ3n) is 10.8. The number of carbonyl (C=O) groups is 1. The van der Waals surface area contributed by atoms with E-state index in [1.54, 1.807) is 19.4 Å². The molecule has 3 aromatic rings. The zero-order valence-corrected chi connectivity index (χ0v) is 31.2. The van der Waals surface area contributed by atoms with Gasteiger partial charge in [0.2, 0.25) is 0 Å². The molecule has 1 aromatic carbocycles. The van der Waals surface area contributed by atoms with E-state index in [-0.39, 0.29) is 49.9 Å². The number of benzene rings is 1. The predicted molar refractivity (Wildman–Crippen MR) is 195 cm³/mol. The maximum absolute atomic E-state index is 13.9. The third-order valence-corrected chi connectivity index (χ3v) is 11.6. The van der Waals surface area contributed by atoms with Gasteiger partial charge in [-0.2, -0.15) is 0 Å². The first-order valence-electron chi connectivity index (χ1n) is 17.7. The van der Waals surface area contributed by atoms with Gasteiger partial charge in [0.05, 0.1) is 6.61 Å². The fraction of sp³-hybridized carbons (Fsp3) is 0.553. The summed E-state index contributed by atoms with van der Waals surface area (Å²) in [4.78, 5) is 39.3. The molecular formula is C38H49F2N5O5S. The number of thioether (sulfide) groups is 1. The largest absolute Gasteiger partial charge is 0.448 e. The van der Waals surface area contributed by atoms with Crippen LogP contribution in [0.15, 0.2) is 40.2 Å². The number of aromatic amines is 1. The zero-order chi connectivity index (χ0) is 36.5. The van der Waals surface area contributed by atoms with Gasteiger partial charge in [0.25, 0.3) is 23.2 Å². The minimum absolute atomic E-state index is 0.0543. The highest BCUT2D eigenvalue weighted by Gasteiger charge is 2.48. The van der Waals surface area contributed by atoms with Crippen molar-refractivity contribution >= 4 is 23.5 Å². The lowest BCUT2D eigenvalue weighted by atomic mass is 9.81. The molecule has 51 heavy (non-hydrogen) atoms. The summed E-state index contributed by atoms with van der Waals surface area (Å²) in [6.07, 6.45) is 7.04. The molecule has 4 heterocycles. The van der Waals surface area contributed by atoms with E-state index in [2.05, 4.69) is 27.2 Å². The molecule has 1 unspecified atom stereocenters. The van der Waals surface area contributed by atoms with E-state index >= 15 is 0 Å². The highest BCUT2D eigenvalue weighted by Crippen LogP contribution is 2.53. The number of H-pyrrole nitrogens is 1. The number of ether oxygens (including phenoxy) is 3. The van der Waals surface area contributed by atoms with E-state index in [4.69, 9.17) is 14.2 Å². The first-order chi connectivity index (χ1) is 24.3. The minimum Gasteiger partial charge on any atom is -0.448 e. The van der Waals surface area contributed by atoms with Crippen LogP contribution in [0.3, 0.4) is 0 Å². The molecule has 1 saturated carbocycles. The first kappa shape index (κ1) is 37.1. The van der Waals surface area contributed by atoms with Crippen LogP contribution < -0.4 is 25.2 Å². The molecule has 13 heteroatoms. The van der Waals surface area contributed by atoms with Gasteiger partial charge in [-0.05, 0) is 77.1 Å². The number of methoxy groups -OCH3 is 1. The number of likely N-dealkylation sites (N-methyl/N-ethyl adjacent to an activating group) is 1. The highest BCUT2D eigenvalue weighted by atomic mass is 32.2. The van der Waals surface area contributed by atoms with Crippen molar-refractivity contribution in [2.75, 3.05) is 51.6 Å². The van der Waals surface area contributed by atoms with Crippen molar-refractivity contribution in [2.45, 2.75) is 88.5 Å². The van der Waals surface area contributed by atoms with Gasteiger partial charge in [-0.25, -0.2) is 13.8 Å². The molecule has 0 radical (unpaired) electrons. The predicted octanol–water partition coefficient (Wildman–Crippen LogP) is 6.57. The SMILES string of the molecule is COCCN(C)[C@H]1CC[C@H](C2(C)Oc3c(-c4ccc(N5CCC(F)(F)CC5)nc4)cc(C(=O)NCc4c(SC)cc(C)[nH]c4=O)c(C)c3O2)CC1. The highest BCUT2D eigenvalue weighted by molar-refractivity contribution is 7.98. The Hall–Kier alpha value is -3.68. The van der Waals surface area contributed by atoms with E-state index in [0.717, 1.165) is 42.8 Å². The Morgan fingerprint density at radius 1 is 1.14 bits per heavy atom. The summed E-state index contributed by atoms with van der Waals surface area (Å²) >= 11 is 1.46. The number of nitrogens with one attached hydrogen (secondary N) is 2. The molecule has 2 aromatic heterocycles. The zero-order valence-electron chi connectivity index (χ0n) is 30.4. The molecular weight excluding hydrogens is 677 g/mol. The van der Waals surface area contributed by atoms with E-state index in [0.29, 0.717) is 57.8 Å². The maximum atomic E-state index is 13.9. The number of rotatable bonds is 11. The molecule has 276 valence electrons. The van der Waals surface area contributed by atoms with Crippen molar-refractivity contribution in [3.8, 4) is 22.6 Å². The maximum Gasteiger partial charge on any atom is 0.254 e. The monoisotopic (exact) mass is 725 g/mol. The van der Waals surface area contributed by atoms with Gasteiger partial charge in [-0.3, -0.25) is 9.59 Å². The number of anilines is 1. The number of hydrogen-bond donors (Lipinski definition) is 2. The first-order valence-corrected chi connectivity index (χ1v) is 18.9. The Bertz CT molecular complexity index is 1790. The van der Waals surface area contributed by atoms with Gasteiger partial charge in [0, 0.05) is 110 Å². The van der Waals surface area contributed by atoms with Gasteiger partial charge >= 0.3 is 0 Å². The Morgan fingerprint density at radius 3 is 2.49 bits per heavy atom. The molecule has 2 aliphatic heterocycles. The van der Waals surface area contributed by atoms with Crippen molar-refractivity contribution in [1.82, 2.24) is 20.2 Å². The molecule has 1 amide bonds. The van der Waals surface area contributed by atoms with Gasteiger partial charge < -0.3 is 34.3 Å². The topological polar surface area (TPSA) is 109 Å². The standard InChI is InChI=1S/C38H49F2N5O5S/c1-23-19-31(51-6)30(36(47)43-23)22-42-35(46)28-20-29(25-7-12-32(41-21-25)45-15-13-38(39,40)14-16-45)34-33(24(28)2)49-37(3,50-34)26-8-10-27(11-9-26)44(4)17-18-48-5/h7,12,19-21,26-27H,8-11,13-18,22H2,1-6H3,(H,42,46)(H,43,47)/t26-,27-,37?. The lowest BCUT2D eigenvalue weighted by molar-refractivity contribution is -0.123. The fourth-order valence-corrected chi connectivity index (χ4v) is 8.26. The molecule has 1 aliphatic carbocycles. The molecule has 1 saturated heterocycles. The lowest BCUT2D eigenvalue weighted by Crippen LogP contribution is -2.47. The molecule has 1 atom stereocenters. The third kappa shape index (κ3) is 7.90. The molecule has 10 nitrogen and oxygen atoms in total. The Balaban J connectivity index is 1.29. The smallest absolute Gasteiger partial charge is 0.254 e. The number of halogens is 2. The number of piperidine rings is 1. The van der Waals surface area contributed by atoms with Crippen LogP contribution in [-0.2, 0) is 11.3 Å². The van der Waals surface area contributed by atoms with Crippen LogP contribution >= 0.6 is 11.8 Å². The number of pyridine rings is 2. The van der Waals surface area contributed by atoms with Crippen LogP contribution in [0.5, 0.6) is 11.5 Å². The summed E-state index contributed by atoms with van der Waals surface area (Å²) in [5.41, 5.74) is 3.42. The molecule has 3 aliphatic rings. The number of alkyl halides is 2. The van der Waals surface area contributed by atoms with E-state index < -0.39 is 11.7 Å². The fourth-order valence-electron chi connectivity index (χ4n) is 7.55. The second kappa shape index (κ2) is 15.1. The van der Waals surface area contributed by atoms with Crippen LogP contribution in [0.25, 0.3) is 11.1 Å². The van der Waals surface area contributed by atoms with Gasteiger partial charge in [-0.1, -0.05) is 0 Å². The van der Waals surface area contributed by atoms with Gasteiger partial charge in [0.15, 0.2) is 11.5 Å². The average molecular weight is 726 g/mol. The average Bonchev–Trinajstić information content (AvgIpc) is 3.49. The Labute approximate surface area is 302 Å². The number of hydrogen-bond acceptors (Lipinski definition) is 9. The summed E-state index contributed by atoms with van der Waals surface area (Å²) in [5, 5.41) is 2.97. The van der Waals surface area contributed by atoms with E-state index in [1.165, 1.54) is 11.8 Å². The van der Waals surface area contributed by atoms with Gasteiger partial charge in [0.1, 0.15) is 5.82 Å². The molecule has 2 fully saturated rings. The molecule has 2 N–H and O–H groups in total. The van der Waals surface area contributed by atoms with Gasteiger partial charge in [-0.15, -0.1) is 11.8 Å². The second-order valence-electron chi connectivity index (χ2n) is 14.2. The van der Waals surface area contributed by atoms with Crippen LogP contribution in [0.4, 0.5) is 14.6 Å². The summed E-state index contributed by atoms with van der Waals surface area (Å²) in [6.45, 7) is 7.74. The van der Waals surface area contributed by atoms with E-state index in [1.807, 2.05) is 50.1 Å². The quantitative estimate of drug-likeness (QED) is 0.213. The Morgan fingerprint density at radius 2 is 1.84 bits per heavy atom. The normalized spacial score (nSPS) is 22.7. The minimum atomic E-state index is -2.65. The molecule has 0 bridgehead atoms. The van der Waals surface area contributed by atoms with Crippen molar-refractivity contribution in [3.63, 3.8) is 0 Å². The Kier molecular flexibility index (Phi) is 11.0. The summed E-state index contributed by atoms with van der Waals surface area (Å²) in [7, 11) is 3.86. The second-order valence-corrected chi connectivity index (χ2v) is 15.1. The number of nitrogens with zero attached hydrogens (tertiary/aromatic N) is 3. The summed E-state index contributed by atoms with van der Waals surface area (Å²) in [5.74, 6) is -2.13. The molecule has 0 spiro atoms. The number of fused-ring (bicyclic) bond motifs is 1. The summed E-state index contributed by atoms with van der Waals surface area (Å²) in [6, 6.07) is 7.87. The van der Waals surface area contributed by atoms with Crippen molar-refractivity contribution in [2.24, 2.45) is 5.92 Å². The van der Waals surface area contributed by atoms with E-state index in [9.17, 15) is 18.4 Å². The van der Waals surface area contributed by atoms with Crippen molar-refractivity contribution < 1.29 is 27.8 Å². The van der Waals surface area contributed by atoms with Crippen molar-refractivity contribution in [1.29, 1.82) is 0 Å². The van der Waals surface area contributed by atoms with Crippen LogP contribution in [0.2, 0.25) is 0 Å². The number of aromatic nitrogens is 2. The van der Waals surface area contributed by atoms with Crippen LogP contribution in [0.1, 0.15) is 72.6 Å². The molecule has 6 rings (SSSR count).